The fourth-order valence-corrected chi connectivity index (χ4v) is 2.55. The summed E-state index contributed by atoms with van der Waals surface area (Å²) in [5, 5.41) is 16.0. The lowest BCUT2D eigenvalue weighted by Gasteiger charge is -2.23. The molecule has 6 nitrogen and oxygen atoms in total. The molecule has 1 saturated heterocycles. The molecule has 2 rings (SSSR count). The third-order valence-corrected chi connectivity index (χ3v) is 3.68. The number of urea groups is 1. The molecule has 106 valence electrons. The molecule has 0 aromatic carbocycles. The lowest BCUT2D eigenvalue weighted by atomic mass is 10.1. The number of nitrogens with zero attached hydrogens (tertiary/aromatic N) is 2. The lowest BCUT2D eigenvalue weighted by molar-refractivity contribution is 0.157. The molecule has 1 aromatic rings. The second kappa shape index (κ2) is 6.06. The van der Waals surface area contributed by atoms with E-state index in [9.17, 15) is 9.90 Å². The summed E-state index contributed by atoms with van der Waals surface area (Å²) >= 11 is 0. The zero-order valence-corrected chi connectivity index (χ0v) is 11.5. The van der Waals surface area contributed by atoms with Crippen molar-refractivity contribution in [1.29, 1.82) is 0 Å². The standard InChI is InChI=1S/C13H21N3O3/c1-9-12(10(2)19-15-9)5-6-14-13(18)16-7-3-4-11(16)8-17/h11,17H,3-8H2,1-2H3,(H,14,18). The van der Waals surface area contributed by atoms with Crippen LogP contribution in [0.4, 0.5) is 4.79 Å². The third-order valence-electron chi connectivity index (χ3n) is 3.68. The summed E-state index contributed by atoms with van der Waals surface area (Å²) < 4.78 is 5.08. The summed E-state index contributed by atoms with van der Waals surface area (Å²) in [6.07, 6.45) is 2.56. The number of aliphatic hydroxyl groups excluding tert-OH is 1. The molecule has 1 aliphatic heterocycles. The molecule has 19 heavy (non-hydrogen) atoms. The Morgan fingerprint density at radius 2 is 2.37 bits per heavy atom. The maximum absolute atomic E-state index is 12.0. The van der Waals surface area contributed by atoms with E-state index in [4.69, 9.17) is 4.52 Å². The molecule has 0 saturated carbocycles. The number of nitrogens with one attached hydrogen (secondary N) is 1. The van der Waals surface area contributed by atoms with Crippen molar-refractivity contribution in [3.05, 3.63) is 17.0 Å². The van der Waals surface area contributed by atoms with Crippen LogP contribution in [0.5, 0.6) is 0 Å². The van der Waals surface area contributed by atoms with Crippen LogP contribution in [-0.2, 0) is 6.42 Å². The molecule has 1 aromatic heterocycles. The Bertz CT molecular complexity index is 425. The largest absolute Gasteiger partial charge is 0.394 e. The zero-order valence-electron chi connectivity index (χ0n) is 11.5. The number of hydrogen-bond donors (Lipinski definition) is 2. The topological polar surface area (TPSA) is 78.6 Å². The van der Waals surface area contributed by atoms with Crippen molar-refractivity contribution in [2.45, 2.75) is 39.2 Å². The molecule has 2 N–H and O–H groups in total. The number of carbonyl (C=O) groups excluding carboxylic acids is 1. The van der Waals surface area contributed by atoms with Gasteiger partial charge in [-0.2, -0.15) is 0 Å². The smallest absolute Gasteiger partial charge is 0.317 e. The summed E-state index contributed by atoms with van der Waals surface area (Å²) in [6.45, 7) is 5.09. The predicted octanol–water partition coefficient (Wildman–Crippen LogP) is 1.00. The van der Waals surface area contributed by atoms with Gasteiger partial charge in [0.1, 0.15) is 5.76 Å². The van der Waals surface area contributed by atoms with Crippen molar-refractivity contribution in [3.8, 4) is 0 Å². The monoisotopic (exact) mass is 267 g/mol. The first-order valence-corrected chi connectivity index (χ1v) is 6.70. The van der Waals surface area contributed by atoms with Crippen molar-refractivity contribution in [2.24, 2.45) is 0 Å². The Labute approximate surface area is 112 Å². The van der Waals surface area contributed by atoms with E-state index in [0.29, 0.717) is 13.0 Å². The van der Waals surface area contributed by atoms with Crippen molar-refractivity contribution < 1.29 is 14.4 Å². The summed E-state index contributed by atoms with van der Waals surface area (Å²) in [4.78, 5) is 13.7. The normalized spacial score (nSPS) is 18.9. The average Bonchev–Trinajstić information content (AvgIpc) is 2.99. The highest BCUT2D eigenvalue weighted by Crippen LogP contribution is 2.16. The average molecular weight is 267 g/mol. The SMILES string of the molecule is Cc1noc(C)c1CCNC(=O)N1CCCC1CO. The Morgan fingerprint density at radius 1 is 1.58 bits per heavy atom. The molecular weight excluding hydrogens is 246 g/mol. The molecule has 1 atom stereocenters. The molecule has 0 spiro atoms. The van der Waals surface area contributed by atoms with E-state index in [1.807, 2.05) is 13.8 Å². The van der Waals surface area contributed by atoms with Crippen LogP contribution in [0.3, 0.4) is 0 Å². The van der Waals surface area contributed by atoms with Gasteiger partial charge in [0.25, 0.3) is 0 Å². The highest BCUT2D eigenvalue weighted by atomic mass is 16.5. The quantitative estimate of drug-likeness (QED) is 0.853. The molecule has 1 fully saturated rings. The zero-order chi connectivity index (χ0) is 13.8. The number of hydrogen-bond acceptors (Lipinski definition) is 4. The number of aromatic nitrogens is 1. The molecule has 1 unspecified atom stereocenters. The van der Waals surface area contributed by atoms with Gasteiger partial charge in [-0.25, -0.2) is 4.79 Å². The first kappa shape index (κ1) is 13.9. The predicted molar refractivity (Wildman–Crippen MR) is 69.9 cm³/mol. The van der Waals surface area contributed by atoms with Crippen LogP contribution in [0.25, 0.3) is 0 Å². The third kappa shape index (κ3) is 3.07. The van der Waals surface area contributed by atoms with Crippen LogP contribution in [0, 0.1) is 13.8 Å². The molecular formula is C13H21N3O3. The molecule has 1 aliphatic rings. The minimum absolute atomic E-state index is 0.0286. The minimum Gasteiger partial charge on any atom is -0.394 e. The Balaban J connectivity index is 1.81. The van der Waals surface area contributed by atoms with Gasteiger partial charge < -0.3 is 19.8 Å². The van der Waals surface area contributed by atoms with Crippen molar-refractivity contribution in [1.82, 2.24) is 15.4 Å². The van der Waals surface area contributed by atoms with Crippen LogP contribution >= 0.6 is 0 Å². The number of carbonyl (C=O) groups is 1. The number of amides is 2. The van der Waals surface area contributed by atoms with Gasteiger partial charge in [-0.05, 0) is 33.1 Å². The molecule has 2 heterocycles. The Hall–Kier alpha value is -1.56. The fraction of sp³-hybridized carbons (Fsp3) is 0.692. The summed E-state index contributed by atoms with van der Waals surface area (Å²) in [7, 11) is 0. The Kier molecular flexibility index (Phi) is 4.42. The second-order valence-electron chi connectivity index (χ2n) is 4.96. The first-order valence-electron chi connectivity index (χ1n) is 6.70. The fourth-order valence-electron chi connectivity index (χ4n) is 2.55. The van der Waals surface area contributed by atoms with Gasteiger partial charge >= 0.3 is 6.03 Å². The number of aryl methyl sites for hydroxylation is 2. The van der Waals surface area contributed by atoms with E-state index >= 15 is 0 Å². The van der Waals surface area contributed by atoms with Crippen LogP contribution < -0.4 is 5.32 Å². The van der Waals surface area contributed by atoms with Crippen LogP contribution in [0.1, 0.15) is 29.9 Å². The number of likely N-dealkylation sites (tertiary alicyclic amines) is 1. The van der Waals surface area contributed by atoms with Crippen molar-refractivity contribution in [3.63, 3.8) is 0 Å². The molecule has 0 radical (unpaired) electrons. The van der Waals surface area contributed by atoms with E-state index in [2.05, 4.69) is 10.5 Å². The summed E-state index contributed by atoms with van der Waals surface area (Å²) in [5.41, 5.74) is 1.93. The maximum Gasteiger partial charge on any atom is 0.317 e. The highest BCUT2D eigenvalue weighted by Gasteiger charge is 2.27. The second-order valence-corrected chi connectivity index (χ2v) is 4.96. The highest BCUT2D eigenvalue weighted by molar-refractivity contribution is 5.74. The molecule has 0 aliphatic carbocycles. The molecule has 2 amide bonds. The van der Waals surface area contributed by atoms with Crippen LogP contribution in [-0.4, -0.2) is 46.9 Å². The Morgan fingerprint density at radius 3 is 3.00 bits per heavy atom. The van der Waals surface area contributed by atoms with Gasteiger partial charge in [0.05, 0.1) is 18.3 Å². The maximum atomic E-state index is 12.0. The molecule has 6 heteroatoms. The van der Waals surface area contributed by atoms with Crippen molar-refractivity contribution in [2.75, 3.05) is 19.7 Å². The number of aliphatic hydroxyl groups is 1. The van der Waals surface area contributed by atoms with Crippen LogP contribution in [0.15, 0.2) is 4.52 Å². The van der Waals surface area contributed by atoms with Gasteiger partial charge in [-0.15, -0.1) is 0 Å². The van der Waals surface area contributed by atoms with Crippen LogP contribution in [0.2, 0.25) is 0 Å². The van der Waals surface area contributed by atoms with E-state index < -0.39 is 0 Å². The lowest BCUT2D eigenvalue weighted by Crippen LogP contribution is -2.44. The van der Waals surface area contributed by atoms with Gasteiger partial charge in [0.15, 0.2) is 0 Å². The summed E-state index contributed by atoms with van der Waals surface area (Å²) in [5.74, 6) is 0.807. The minimum atomic E-state index is -0.0942. The van der Waals surface area contributed by atoms with Crippen molar-refractivity contribution >= 4 is 6.03 Å². The van der Waals surface area contributed by atoms with Gasteiger partial charge in [-0.3, -0.25) is 0 Å². The summed E-state index contributed by atoms with van der Waals surface area (Å²) in [6, 6.07) is -0.123. The van der Waals surface area contributed by atoms with Gasteiger partial charge in [0.2, 0.25) is 0 Å². The number of rotatable bonds is 4. The van der Waals surface area contributed by atoms with E-state index in [0.717, 1.165) is 36.4 Å². The first-order chi connectivity index (χ1) is 9.13. The molecule has 0 bridgehead atoms. The van der Waals surface area contributed by atoms with E-state index in [1.54, 1.807) is 4.90 Å². The van der Waals surface area contributed by atoms with Gasteiger partial charge in [-0.1, -0.05) is 5.16 Å². The van der Waals surface area contributed by atoms with Gasteiger partial charge in [0, 0.05) is 18.7 Å². The van der Waals surface area contributed by atoms with E-state index in [1.165, 1.54) is 0 Å². The van der Waals surface area contributed by atoms with E-state index in [-0.39, 0.29) is 18.7 Å².